The topological polar surface area (TPSA) is 41.3 Å². The third-order valence-corrected chi connectivity index (χ3v) is 3.52. The summed E-state index contributed by atoms with van der Waals surface area (Å²) in [5, 5.41) is 0. The minimum atomic E-state index is 0.755. The number of rotatable bonds is 1. The summed E-state index contributed by atoms with van der Waals surface area (Å²) in [5.74, 6) is 0. The van der Waals surface area contributed by atoms with E-state index in [-0.39, 0.29) is 0 Å². The molecule has 0 amide bonds. The van der Waals surface area contributed by atoms with Crippen LogP contribution < -0.4 is 15.4 Å². The van der Waals surface area contributed by atoms with Gasteiger partial charge in [0.1, 0.15) is 0 Å². The molecule has 1 saturated carbocycles. The fourth-order valence-corrected chi connectivity index (χ4v) is 2.67. The molecule has 3 N–H and O–H groups in total. The highest BCUT2D eigenvalue weighted by atomic mass is 32.2. The molecule has 1 heterocycles. The summed E-state index contributed by atoms with van der Waals surface area (Å²) in [6.45, 7) is 0.951. The van der Waals surface area contributed by atoms with Gasteiger partial charge in [0, 0.05) is 16.6 Å². The molecule has 0 atom stereocenters. The van der Waals surface area contributed by atoms with Gasteiger partial charge in [-0.2, -0.15) is 0 Å². The van der Waals surface area contributed by atoms with Gasteiger partial charge in [-0.3, -0.25) is 0 Å². The molecule has 0 unspecified atom stereocenters. The first kappa shape index (κ1) is 8.44. The summed E-state index contributed by atoms with van der Waals surface area (Å²) >= 11 is 1.68. The van der Waals surface area contributed by atoms with E-state index in [0.29, 0.717) is 0 Å². The van der Waals surface area contributed by atoms with E-state index in [4.69, 9.17) is 5.73 Å². The third-order valence-electron chi connectivity index (χ3n) is 2.70. The van der Waals surface area contributed by atoms with Gasteiger partial charge in [-0.25, -0.2) is 4.72 Å². The Labute approximate surface area is 87.8 Å². The monoisotopic (exact) mass is 207 g/mol. The number of hydrogen-bond acceptors (Lipinski definition) is 4. The fraction of sp³-hybridized carbons (Fsp3) is 0.400. The maximum atomic E-state index is 5.76. The number of nitrogens with one attached hydrogen (secondary N) is 1. The van der Waals surface area contributed by atoms with Crippen LogP contribution in [0.2, 0.25) is 0 Å². The molecule has 0 spiro atoms. The average molecular weight is 207 g/mol. The second-order valence-electron chi connectivity index (χ2n) is 3.83. The Hall–Kier alpha value is -0.870. The summed E-state index contributed by atoms with van der Waals surface area (Å²) in [6.07, 6.45) is 2.66. The molecular formula is C10H13N3S. The van der Waals surface area contributed by atoms with Crippen molar-refractivity contribution < 1.29 is 0 Å². The first-order chi connectivity index (χ1) is 6.84. The zero-order valence-electron chi connectivity index (χ0n) is 7.86. The predicted molar refractivity (Wildman–Crippen MR) is 60.2 cm³/mol. The SMILES string of the molecule is Nc1ccc2c(c1)SNCN2C1CC1. The number of nitrogen functional groups attached to an aromatic ring is 1. The van der Waals surface area contributed by atoms with E-state index in [1.807, 2.05) is 12.1 Å². The number of nitrogens with zero attached hydrogens (tertiary/aromatic N) is 1. The lowest BCUT2D eigenvalue weighted by Gasteiger charge is -2.31. The molecule has 3 nitrogen and oxygen atoms in total. The number of anilines is 2. The van der Waals surface area contributed by atoms with Crippen LogP contribution in [0.5, 0.6) is 0 Å². The molecular weight excluding hydrogens is 194 g/mol. The van der Waals surface area contributed by atoms with Crippen LogP contribution in [0, 0.1) is 0 Å². The molecule has 1 aromatic rings. The van der Waals surface area contributed by atoms with Crippen molar-refractivity contribution in [2.45, 2.75) is 23.8 Å². The van der Waals surface area contributed by atoms with Gasteiger partial charge in [0.25, 0.3) is 0 Å². The lowest BCUT2D eigenvalue weighted by Crippen LogP contribution is -2.36. The van der Waals surface area contributed by atoms with Gasteiger partial charge in [0.15, 0.2) is 0 Å². The number of nitrogens with two attached hydrogens (primary N) is 1. The molecule has 1 aliphatic heterocycles. The molecule has 2 aliphatic rings. The van der Waals surface area contributed by atoms with E-state index < -0.39 is 0 Å². The molecule has 0 aromatic heterocycles. The summed E-state index contributed by atoms with van der Waals surface area (Å²) < 4.78 is 3.33. The van der Waals surface area contributed by atoms with Gasteiger partial charge in [-0.05, 0) is 43.0 Å². The van der Waals surface area contributed by atoms with Gasteiger partial charge in [0.2, 0.25) is 0 Å². The highest BCUT2D eigenvalue weighted by Crippen LogP contribution is 2.39. The quantitative estimate of drug-likeness (QED) is 0.544. The molecule has 1 fully saturated rings. The Morgan fingerprint density at radius 3 is 3.07 bits per heavy atom. The first-order valence-corrected chi connectivity index (χ1v) is 5.72. The maximum Gasteiger partial charge on any atom is 0.0781 e. The molecule has 14 heavy (non-hydrogen) atoms. The van der Waals surface area contributed by atoms with E-state index in [2.05, 4.69) is 15.7 Å². The third kappa shape index (κ3) is 1.35. The summed E-state index contributed by atoms with van der Waals surface area (Å²) in [6, 6.07) is 6.92. The minimum absolute atomic E-state index is 0.755. The number of hydrogen-bond donors (Lipinski definition) is 2. The minimum Gasteiger partial charge on any atom is -0.399 e. The molecule has 74 valence electrons. The largest absolute Gasteiger partial charge is 0.399 e. The van der Waals surface area contributed by atoms with Gasteiger partial charge in [0.05, 0.1) is 12.4 Å². The van der Waals surface area contributed by atoms with Crippen molar-refractivity contribution in [1.29, 1.82) is 0 Å². The van der Waals surface area contributed by atoms with Crippen LogP contribution in [0.25, 0.3) is 0 Å². The van der Waals surface area contributed by atoms with E-state index in [0.717, 1.165) is 18.4 Å². The Kier molecular flexibility index (Phi) is 1.85. The van der Waals surface area contributed by atoms with Crippen LogP contribution in [0.15, 0.2) is 23.1 Å². The lowest BCUT2D eigenvalue weighted by molar-refractivity contribution is 0.755. The van der Waals surface area contributed by atoms with Crippen molar-refractivity contribution in [2.24, 2.45) is 0 Å². The van der Waals surface area contributed by atoms with Gasteiger partial charge in [-0.1, -0.05) is 0 Å². The smallest absolute Gasteiger partial charge is 0.0781 e. The summed E-state index contributed by atoms with van der Waals surface area (Å²) in [5.41, 5.74) is 7.94. The Bertz CT molecular complexity index is 362. The van der Waals surface area contributed by atoms with Gasteiger partial charge >= 0.3 is 0 Å². The van der Waals surface area contributed by atoms with Crippen molar-refractivity contribution >= 4 is 23.3 Å². The second-order valence-corrected chi connectivity index (χ2v) is 4.77. The second kappa shape index (κ2) is 3.07. The van der Waals surface area contributed by atoms with Crippen LogP contribution in [0.1, 0.15) is 12.8 Å². The highest BCUT2D eigenvalue weighted by Gasteiger charge is 2.32. The van der Waals surface area contributed by atoms with Crippen molar-refractivity contribution in [1.82, 2.24) is 4.72 Å². The number of fused-ring (bicyclic) bond motifs is 1. The Morgan fingerprint density at radius 2 is 2.29 bits per heavy atom. The van der Waals surface area contributed by atoms with E-state index >= 15 is 0 Å². The van der Waals surface area contributed by atoms with E-state index in [9.17, 15) is 0 Å². The van der Waals surface area contributed by atoms with Crippen LogP contribution in [0.4, 0.5) is 11.4 Å². The number of benzene rings is 1. The zero-order valence-corrected chi connectivity index (χ0v) is 8.68. The van der Waals surface area contributed by atoms with Crippen molar-refractivity contribution in [3.63, 3.8) is 0 Å². The van der Waals surface area contributed by atoms with Gasteiger partial charge in [-0.15, -0.1) is 0 Å². The standard InChI is InChI=1S/C10H13N3S/c11-7-1-4-9-10(5-7)14-12-6-13(9)8-2-3-8/h1,4-5,8,12H,2-3,6,11H2. The zero-order chi connectivity index (χ0) is 9.54. The van der Waals surface area contributed by atoms with Crippen LogP contribution in [0.3, 0.4) is 0 Å². The van der Waals surface area contributed by atoms with Crippen LogP contribution in [-0.4, -0.2) is 12.7 Å². The van der Waals surface area contributed by atoms with E-state index in [1.165, 1.54) is 23.4 Å². The average Bonchev–Trinajstić information content (AvgIpc) is 2.99. The normalized spacial score (nSPS) is 20.7. The fourth-order valence-electron chi connectivity index (χ4n) is 1.83. The van der Waals surface area contributed by atoms with Crippen molar-refractivity contribution in [3.05, 3.63) is 18.2 Å². The molecule has 1 aliphatic carbocycles. The Balaban J connectivity index is 2.01. The van der Waals surface area contributed by atoms with E-state index in [1.54, 1.807) is 11.9 Å². The molecule has 1 aromatic carbocycles. The molecule has 0 bridgehead atoms. The van der Waals surface area contributed by atoms with Crippen LogP contribution >= 0.6 is 11.9 Å². The lowest BCUT2D eigenvalue weighted by atomic mass is 10.2. The van der Waals surface area contributed by atoms with Crippen LogP contribution in [-0.2, 0) is 0 Å². The van der Waals surface area contributed by atoms with Crippen molar-refractivity contribution in [2.75, 3.05) is 17.3 Å². The first-order valence-electron chi connectivity index (χ1n) is 4.90. The summed E-state index contributed by atoms with van der Waals surface area (Å²) in [4.78, 5) is 3.69. The molecule has 4 heteroatoms. The van der Waals surface area contributed by atoms with Crippen molar-refractivity contribution in [3.8, 4) is 0 Å². The summed E-state index contributed by atoms with van der Waals surface area (Å²) in [7, 11) is 0. The molecule has 0 radical (unpaired) electrons. The highest BCUT2D eigenvalue weighted by molar-refractivity contribution is 7.97. The Morgan fingerprint density at radius 1 is 1.43 bits per heavy atom. The molecule has 0 saturated heterocycles. The maximum absolute atomic E-state index is 5.76. The molecule has 3 rings (SSSR count). The van der Waals surface area contributed by atoms with Gasteiger partial charge < -0.3 is 10.6 Å². The predicted octanol–water partition coefficient (Wildman–Crippen LogP) is 1.81.